The number of anilines is 1. The predicted molar refractivity (Wildman–Crippen MR) is 85.8 cm³/mol. The van der Waals surface area contributed by atoms with E-state index in [1.807, 2.05) is 0 Å². The van der Waals surface area contributed by atoms with Gasteiger partial charge in [-0.1, -0.05) is 0 Å². The quantitative estimate of drug-likeness (QED) is 0.771. The van der Waals surface area contributed by atoms with Crippen molar-refractivity contribution in [2.75, 3.05) is 32.2 Å². The number of halogens is 1. The molecule has 2 rings (SSSR count). The van der Waals surface area contributed by atoms with E-state index in [9.17, 15) is 13.2 Å². The molecule has 0 spiro atoms. The van der Waals surface area contributed by atoms with Crippen LogP contribution in [-0.2, 0) is 26.0 Å². The molecule has 0 aliphatic carbocycles. The first-order valence-corrected chi connectivity index (χ1v) is 8.01. The van der Waals surface area contributed by atoms with E-state index in [-0.39, 0.29) is 29.8 Å². The van der Waals surface area contributed by atoms with Gasteiger partial charge >= 0.3 is 0 Å². The number of fused-ring (bicyclic) bond motifs is 1. The fraction of sp³-hybridized carbons (Fsp3) is 0.462. The lowest BCUT2D eigenvalue weighted by atomic mass is 10.2. The van der Waals surface area contributed by atoms with Crippen molar-refractivity contribution in [1.29, 1.82) is 0 Å². The standard InChI is InChI=1S/C13H19N3O4S.ClH/c1-15-21(18,19)10-3-4-12-9(7-10)5-6-16(12)13(17)11(14)8-20-2;/h3-4,7,11,15H,5-6,8,14H2,1-2H3;1H. The number of ether oxygens (including phenoxy) is 1. The molecular formula is C13H20ClN3O4S. The minimum absolute atomic E-state index is 0. The number of hydrogen-bond acceptors (Lipinski definition) is 5. The van der Waals surface area contributed by atoms with E-state index in [1.54, 1.807) is 17.0 Å². The van der Waals surface area contributed by atoms with Gasteiger partial charge in [-0.05, 0) is 37.2 Å². The van der Waals surface area contributed by atoms with Gasteiger partial charge in [-0.15, -0.1) is 12.4 Å². The number of carbonyl (C=O) groups excluding carboxylic acids is 1. The van der Waals surface area contributed by atoms with Gasteiger partial charge in [0.25, 0.3) is 0 Å². The van der Waals surface area contributed by atoms with Crippen molar-refractivity contribution in [3.63, 3.8) is 0 Å². The van der Waals surface area contributed by atoms with Crippen LogP contribution in [0.3, 0.4) is 0 Å². The highest BCUT2D eigenvalue weighted by atomic mass is 35.5. The number of sulfonamides is 1. The third-order valence-electron chi connectivity index (χ3n) is 3.45. The summed E-state index contributed by atoms with van der Waals surface area (Å²) in [6.45, 7) is 0.644. The Bertz CT molecular complexity index is 651. The molecule has 1 amide bonds. The Labute approximate surface area is 136 Å². The average molecular weight is 350 g/mol. The molecule has 9 heteroatoms. The molecule has 3 N–H and O–H groups in total. The highest BCUT2D eigenvalue weighted by Gasteiger charge is 2.29. The molecule has 0 fully saturated rings. The van der Waals surface area contributed by atoms with Crippen molar-refractivity contribution >= 4 is 34.0 Å². The van der Waals surface area contributed by atoms with Crippen LogP contribution in [0, 0.1) is 0 Å². The van der Waals surface area contributed by atoms with Crippen LogP contribution in [0.5, 0.6) is 0 Å². The Balaban J connectivity index is 0.00000242. The number of amides is 1. The molecule has 1 aliphatic heterocycles. The molecule has 0 saturated carbocycles. The fourth-order valence-corrected chi connectivity index (χ4v) is 3.12. The van der Waals surface area contributed by atoms with Crippen molar-refractivity contribution in [2.24, 2.45) is 5.73 Å². The van der Waals surface area contributed by atoms with Crippen LogP contribution in [0.2, 0.25) is 0 Å². The first-order valence-electron chi connectivity index (χ1n) is 6.53. The first-order chi connectivity index (χ1) is 9.90. The highest BCUT2D eigenvalue weighted by Crippen LogP contribution is 2.30. The maximum Gasteiger partial charge on any atom is 0.246 e. The van der Waals surface area contributed by atoms with Gasteiger partial charge in [0.2, 0.25) is 15.9 Å². The lowest BCUT2D eigenvalue weighted by molar-refractivity contribution is -0.120. The van der Waals surface area contributed by atoms with E-state index in [4.69, 9.17) is 10.5 Å². The SMILES string of the molecule is CNS(=O)(=O)c1ccc2c(c1)CCN2C(=O)C(N)COC.Cl. The topological polar surface area (TPSA) is 102 Å². The fourth-order valence-electron chi connectivity index (χ4n) is 2.34. The van der Waals surface area contributed by atoms with Gasteiger partial charge in [0.1, 0.15) is 6.04 Å². The summed E-state index contributed by atoms with van der Waals surface area (Å²) in [4.78, 5) is 14.0. The van der Waals surface area contributed by atoms with Gasteiger partial charge in [0, 0.05) is 19.3 Å². The Morgan fingerprint density at radius 3 is 2.77 bits per heavy atom. The molecule has 1 unspecified atom stereocenters. The molecule has 0 aromatic heterocycles. The second-order valence-electron chi connectivity index (χ2n) is 4.80. The summed E-state index contributed by atoms with van der Waals surface area (Å²) in [6.07, 6.45) is 0.605. The van der Waals surface area contributed by atoms with Gasteiger partial charge in [-0.2, -0.15) is 0 Å². The second kappa shape index (κ2) is 7.38. The van der Waals surface area contributed by atoms with E-state index in [2.05, 4.69) is 4.72 Å². The van der Waals surface area contributed by atoms with Crippen LogP contribution in [0.4, 0.5) is 5.69 Å². The van der Waals surface area contributed by atoms with Crippen LogP contribution in [0.1, 0.15) is 5.56 Å². The molecule has 1 aromatic rings. The van der Waals surface area contributed by atoms with Gasteiger partial charge in [0.15, 0.2) is 0 Å². The smallest absolute Gasteiger partial charge is 0.246 e. The van der Waals surface area contributed by atoms with Crippen LogP contribution < -0.4 is 15.4 Å². The number of nitrogens with one attached hydrogen (secondary N) is 1. The summed E-state index contributed by atoms with van der Waals surface area (Å²) in [6, 6.07) is 4.00. The summed E-state index contributed by atoms with van der Waals surface area (Å²) < 4.78 is 30.7. The number of carbonyl (C=O) groups is 1. The molecule has 1 atom stereocenters. The van der Waals surface area contributed by atoms with Crippen molar-refractivity contribution < 1.29 is 17.9 Å². The zero-order chi connectivity index (χ0) is 15.6. The number of hydrogen-bond donors (Lipinski definition) is 2. The van der Waals surface area contributed by atoms with Gasteiger partial charge in [0.05, 0.1) is 11.5 Å². The minimum Gasteiger partial charge on any atom is -0.383 e. The normalized spacial score (nSPS) is 15.1. The third-order valence-corrected chi connectivity index (χ3v) is 4.87. The van der Waals surface area contributed by atoms with Gasteiger partial charge in [-0.3, -0.25) is 4.79 Å². The maximum atomic E-state index is 12.2. The number of rotatable bonds is 5. The molecule has 0 bridgehead atoms. The van der Waals surface area contributed by atoms with Crippen molar-refractivity contribution in [1.82, 2.24) is 4.72 Å². The number of benzene rings is 1. The Morgan fingerprint density at radius 2 is 2.18 bits per heavy atom. The lowest BCUT2D eigenvalue weighted by Crippen LogP contribution is -2.45. The number of nitrogens with two attached hydrogens (primary N) is 1. The van der Waals surface area contributed by atoms with Crippen LogP contribution >= 0.6 is 12.4 Å². The van der Waals surface area contributed by atoms with E-state index in [1.165, 1.54) is 20.2 Å². The van der Waals surface area contributed by atoms with E-state index in [0.29, 0.717) is 18.7 Å². The summed E-state index contributed by atoms with van der Waals surface area (Å²) in [5.41, 5.74) is 7.30. The molecule has 0 radical (unpaired) electrons. The molecule has 1 aromatic carbocycles. The predicted octanol–water partition coefficient (Wildman–Crippen LogP) is -0.121. The average Bonchev–Trinajstić information content (AvgIpc) is 2.89. The molecule has 124 valence electrons. The molecule has 7 nitrogen and oxygen atoms in total. The van der Waals surface area contributed by atoms with Gasteiger partial charge < -0.3 is 15.4 Å². The Kier molecular flexibility index (Phi) is 6.33. The Morgan fingerprint density at radius 1 is 1.50 bits per heavy atom. The van der Waals surface area contributed by atoms with Crippen molar-refractivity contribution in [2.45, 2.75) is 17.4 Å². The summed E-state index contributed by atoms with van der Waals surface area (Å²) in [5, 5.41) is 0. The summed E-state index contributed by atoms with van der Waals surface area (Å²) >= 11 is 0. The largest absolute Gasteiger partial charge is 0.383 e. The first kappa shape index (κ1) is 18.9. The zero-order valence-electron chi connectivity index (χ0n) is 12.4. The number of nitrogens with zero attached hydrogens (tertiary/aromatic N) is 1. The van der Waals surface area contributed by atoms with Crippen LogP contribution in [0.25, 0.3) is 0 Å². The molecule has 22 heavy (non-hydrogen) atoms. The van der Waals surface area contributed by atoms with Gasteiger partial charge in [-0.25, -0.2) is 13.1 Å². The van der Waals surface area contributed by atoms with Crippen molar-refractivity contribution in [3.8, 4) is 0 Å². The van der Waals surface area contributed by atoms with Crippen LogP contribution in [-0.4, -0.2) is 47.7 Å². The summed E-state index contributed by atoms with van der Waals surface area (Å²) in [7, 11) is -0.631. The van der Waals surface area contributed by atoms with E-state index in [0.717, 1.165) is 5.56 Å². The zero-order valence-corrected chi connectivity index (χ0v) is 14.0. The minimum atomic E-state index is -3.48. The second-order valence-corrected chi connectivity index (χ2v) is 6.69. The Hall–Kier alpha value is -1.19. The molecule has 1 aliphatic rings. The van der Waals surface area contributed by atoms with Crippen LogP contribution in [0.15, 0.2) is 23.1 Å². The summed E-state index contributed by atoms with van der Waals surface area (Å²) in [5.74, 6) is -0.222. The van der Waals surface area contributed by atoms with E-state index >= 15 is 0 Å². The highest BCUT2D eigenvalue weighted by molar-refractivity contribution is 7.89. The number of methoxy groups -OCH3 is 1. The third kappa shape index (κ3) is 3.58. The van der Waals surface area contributed by atoms with E-state index < -0.39 is 16.1 Å². The maximum absolute atomic E-state index is 12.2. The molecular weight excluding hydrogens is 330 g/mol. The molecule has 0 saturated heterocycles. The molecule has 1 heterocycles. The monoisotopic (exact) mass is 349 g/mol. The lowest BCUT2D eigenvalue weighted by Gasteiger charge is -2.21. The van der Waals surface area contributed by atoms with Crippen molar-refractivity contribution in [3.05, 3.63) is 23.8 Å².